The Kier molecular flexibility index (Phi) is 4.72. The van der Waals surface area contributed by atoms with Crippen molar-refractivity contribution in [2.75, 3.05) is 7.11 Å². The Bertz CT molecular complexity index is 1060. The number of aromatic nitrogens is 1. The Labute approximate surface area is 155 Å². The predicted molar refractivity (Wildman–Crippen MR) is 98.0 cm³/mol. The molecule has 0 aliphatic carbocycles. The van der Waals surface area contributed by atoms with Gasteiger partial charge in [-0.2, -0.15) is 0 Å². The van der Waals surface area contributed by atoms with Crippen LogP contribution in [0.3, 0.4) is 0 Å². The Morgan fingerprint density at radius 1 is 1.04 bits per heavy atom. The molecule has 136 valence electrons. The largest absolute Gasteiger partial charge is 0.452 e. The van der Waals surface area contributed by atoms with E-state index in [1.54, 1.807) is 19.2 Å². The van der Waals surface area contributed by atoms with Crippen molar-refractivity contribution in [2.24, 2.45) is 0 Å². The standard InChI is InChI=1S/C21H17NO5/c1-24-13-17-16-9-5-6-10-19(16)26-20(17)21(23)25-12-15-11-18(22-27-15)14-7-3-2-4-8-14/h2-11H,12-13H2,1H3. The fourth-order valence-electron chi connectivity index (χ4n) is 2.88. The summed E-state index contributed by atoms with van der Waals surface area (Å²) in [5.74, 6) is 0.0170. The monoisotopic (exact) mass is 363 g/mol. The van der Waals surface area contributed by atoms with E-state index in [1.165, 1.54) is 0 Å². The van der Waals surface area contributed by atoms with Crippen molar-refractivity contribution >= 4 is 16.9 Å². The first-order valence-electron chi connectivity index (χ1n) is 8.43. The highest BCUT2D eigenvalue weighted by atomic mass is 16.6. The van der Waals surface area contributed by atoms with Gasteiger partial charge < -0.3 is 18.4 Å². The third-order valence-corrected chi connectivity index (χ3v) is 4.15. The van der Waals surface area contributed by atoms with Gasteiger partial charge in [0.1, 0.15) is 11.3 Å². The number of fused-ring (bicyclic) bond motifs is 1. The molecule has 0 unspecified atom stereocenters. The molecule has 0 saturated carbocycles. The molecule has 0 fully saturated rings. The van der Waals surface area contributed by atoms with Gasteiger partial charge in [0.15, 0.2) is 12.4 Å². The van der Waals surface area contributed by atoms with Crippen molar-refractivity contribution in [3.63, 3.8) is 0 Å². The van der Waals surface area contributed by atoms with Crippen LogP contribution in [0, 0.1) is 0 Å². The summed E-state index contributed by atoms with van der Waals surface area (Å²) in [6, 6.07) is 18.8. The second-order valence-corrected chi connectivity index (χ2v) is 5.96. The van der Waals surface area contributed by atoms with Gasteiger partial charge in [-0.15, -0.1) is 0 Å². The Morgan fingerprint density at radius 3 is 2.63 bits per heavy atom. The van der Waals surface area contributed by atoms with E-state index >= 15 is 0 Å². The minimum Gasteiger partial charge on any atom is -0.452 e. The number of hydrogen-bond acceptors (Lipinski definition) is 6. The maximum Gasteiger partial charge on any atom is 0.375 e. The van der Waals surface area contributed by atoms with Crippen molar-refractivity contribution in [3.8, 4) is 11.3 Å². The highest BCUT2D eigenvalue weighted by molar-refractivity contribution is 5.96. The van der Waals surface area contributed by atoms with Gasteiger partial charge in [0.05, 0.1) is 6.61 Å². The van der Waals surface area contributed by atoms with Crippen molar-refractivity contribution in [1.29, 1.82) is 0 Å². The second kappa shape index (κ2) is 7.47. The number of carbonyl (C=O) groups excluding carboxylic acids is 1. The lowest BCUT2D eigenvalue weighted by molar-refractivity contribution is 0.0398. The van der Waals surface area contributed by atoms with Crippen LogP contribution in [0.4, 0.5) is 0 Å². The summed E-state index contributed by atoms with van der Waals surface area (Å²) in [7, 11) is 1.57. The number of ether oxygens (including phenoxy) is 2. The number of hydrogen-bond donors (Lipinski definition) is 0. The first kappa shape index (κ1) is 17.1. The normalized spacial score (nSPS) is 11.0. The zero-order valence-corrected chi connectivity index (χ0v) is 14.7. The topological polar surface area (TPSA) is 74.7 Å². The number of rotatable bonds is 6. The summed E-state index contributed by atoms with van der Waals surface area (Å²) in [5, 5.41) is 4.84. The average Bonchev–Trinajstić information content (AvgIpc) is 3.33. The maximum atomic E-state index is 12.5. The van der Waals surface area contributed by atoms with Crippen LogP contribution in [-0.4, -0.2) is 18.2 Å². The number of esters is 1. The lowest BCUT2D eigenvalue weighted by atomic mass is 10.1. The molecule has 0 saturated heterocycles. The number of benzene rings is 2. The van der Waals surface area contributed by atoms with Crippen molar-refractivity contribution in [3.05, 3.63) is 77.7 Å². The van der Waals surface area contributed by atoms with E-state index < -0.39 is 5.97 Å². The van der Waals surface area contributed by atoms with E-state index in [2.05, 4.69) is 5.16 Å². The van der Waals surface area contributed by atoms with Gasteiger partial charge in [-0.25, -0.2) is 4.79 Å². The molecule has 27 heavy (non-hydrogen) atoms. The van der Waals surface area contributed by atoms with Crippen LogP contribution in [0.5, 0.6) is 0 Å². The van der Waals surface area contributed by atoms with Gasteiger partial charge in [0.25, 0.3) is 0 Å². The van der Waals surface area contributed by atoms with Gasteiger partial charge in [-0.3, -0.25) is 0 Å². The second-order valence-electron chi connectivity index (χ2n) is 5.96. The number of methoxy groups -OCH3 is 1. The molecular formula is C21H17NO5. The molecule has 0 amide bonds. The van der Waals surface area contributed by atoms with Gasteiger partial charge >= 0.3 is 5.97 Å². The number of furan rings is 1. The van der Waals surface area contributed by atoms with Crippen LogP contribution < -0.4 is 0 Å². The van der Waals surface area contributed by atoms with E-state index in [1.807, 2.05) is 48.5 Å². The maximum absolute atomic E-state index is 12.5. The van der Waals surface area contributed by atoms with Crippen LogP contribution in [-0.2, 0) is 22.7 Å². The van der Waals surface area contributed by atoms with Gasteiger partial charge in [0.2, 0.25) is 5.76 Å². The van der Waals surface area contributed by atoms with Crippen molar-refractivity contribution < 1.29 is 23.2 Å². The van der Waals surface area contributed by atoms with Crippen LogP contribution in [0.1, 0.15) is 21.9 Å². The first-order valence-corrected chi connectivity index (χ1v) is 8.43. The Hall–Kier alpha value is -3.38. The van der Waals surface area contributed by atoms with E-state index in [0.717, 1.165) is 10.9 Å². The SMILES string of the molecule is COCc1c(C(=O)OCc2cc(-c3ccccc3)no2)oc2ccccc12. The molecular weight excluding hydrogens is 346 g/mol. The van der Waals surface area contributed by atoms with Crippen LogP contribution >= 0.6 is 0 Å². The number of carbonyl (C=O) groups is 1. The molecule has 0 radical (unpaired) electrons. The van der Waals surface area contributed by atoms with Crippen molar-refractivity contribution in [2.45, 2.75) is 13.2 Å². The van der Waals surface area contributed by atoms with E-state index in [4.69, 9.17) is 18.4 Å². The van der Waals surface area contributed by atoms with Gasteiger partial charge in [-0.05, 0) is 6.07 Å². The van der Waals surface area contributed by atoms with Crippen molar-refractivity contribution in [1.82, 2.24) is 5.16 Å². The highest BCUT2D eigenvalue weighted by Gasteiger charge is 2.22. The number of para-hydroxylation sites is 1. The third kappa shape index (κ3) is 3.47. The van der Waals surface area contributed by atoms with Crippen LogP contribution in [0.15, 0.2) is 69.6 Å². The predicted octanol–water partition coefficient (Wildman–Crippen LogP) is 4.59. The fourth-order valence-corrected chi connectivity index (χ4v) is 2.88. The minimum absolute atomic E-state index is 0.0395. The quantitative estimate of drug-likeness (QED) is 0.466. The molecule has 6 nitrogen and oxygen atoms in total. The minimum atomic E-state index is -0.573. The molecule has 0 N–H and O–H groups in total. The third-order valence-electron chi connectivity index (χ3n) is 4.15. The molecule has 0 aliphatic heterocycles. The number of nitrogens with zero attached hydrogens (tertiary/aromatic N) is 1. The molecule has 0 bridgehead atoms. The lowest BCUT2D eigenvalue weighted by Crippen LogP contribution is -2.07. The van der Waals surface area contributed by atoms with Crippen LogP contribution in [0.2, 0.25) is 0 Å². The Balaban J connectivity index is 1.51. The molecule has 0 spiro atoms. The molecule has 0 atom stereocenters. The van der Waals surface area contributed by atoms with Crippen LogP contribution in [0.25, 0.3) is 22.2 Å². The summed E-state index contributed by atoms with van der Waals surface area (Å²) in [6.45, 7) is 0.212. The molecule has 0 aliphatic rings. The molecule has 2 heterocycles. The molecule has 4 rings (SSSR count). The molecule has 2 aromatic carbocycles. The summed E-state index contributed by atoms with van der Waals surface area (Å²) >= 11 is 0. The highest BCUT2D eigenvalue weighted by Crippen LogP contribution is 2.27. The van der Waals surface area contributed by atoms with E-state index in [9.17, 15) is 4.79 Å². The summed E-state index contributed by atoms with van der Waals surface area (Å²) in [5.41, 5.74) is 2.90. The average molecular weight is 363 g/mol. The lowest BCUT2D eigenvalue weighted by Gasteiger charge is -2.02. The zero-order valence-electron chi connectivity index (χ0n) is 14.7. The zero-order chi connectivity index (χ0) is 18.6. The van der Waals surface area contributed by atoms with E-state index in [-0.39, 0.29) is 19.0 Å². The Morgan fingerprint density at radius 2 is 1.81 bits per heavy atom. The molecule has 6 heteroatoms. The molecule has 4 aromatic rings. The van der Waals surface area contributed by atoms with Gasteiger partial charge in [0, 0.05) is 29.7 Å². The van der Waals surface area contributed by atoms with E-state index in [0.29, 0.717) is 22.6 Å². The fraction of sp³-hybridized carbons (Fsp3) is 0.143. The smallest absolute Gasteiger partial charge is 0.375 e. The van der Waals surface area contributed by atoms with Gasteiger partial charge in [-0.1, -0.05) is 53.7 Å². The molecule has 2 aromatic heterocycles. The summed E-state index contributed by atoms with van der Waals surface area (Å²) in [6.07, 6.45) is 0. The summed E-state index contributed by atoms with van der Waals surface area (Å²) < 4.78 is 21.5. The first-order chi connectivity index (χ1) is 13.3. The summed E-state index contributed by atoms with van der Waals surface area (Å²) in [4.78, 5) is 12.5.